The van der Waals surface area contributed by atoms with E-state index >= 15 is 0 Å². The Morgan fingerprint density at radius 3 is 2.80 bits per heavy atom. The van der Waals surface area contributed by atoms with Crippen LogP contribution in [0.2, 0.25) is 0 Å². The maximum Gasteiger partial charge on any atom is -0.0128 e. The van der Waals surface area contributed by atoms with Gasteiger partial charge in [-0.2, -0.15) is 0 Å². The molecule has 0 nitrogen and oxygen atoms in total. The Hall–Kier alpha value is -0.780. The average Bonchev–Trinajstić information content (AvgIpc) is 2.83. The van der Waals surface area contributed by atoms with Gasteiger partial charge in [0.2, 0.25) is 0 Å². The standard InChI is InChI=1S/C20H28/c1-3-15-9-11-19-18-10-8-14-6-4-5-7-16(14)17(18)12-13-20(15,19)2/h4-7,15,17-19H,3,8-13H2,1-2H3/t15-,17+,18+,19-,20+/m0/s1. The van der Waals surface area contributed by atoms with Crippen molar-refractivity contribution in [2.24, 2.45) is 23.2 Å². The van der Waals surface area contributed by atoms with Crippen LogP contribution in [-0.4, -0.2) is 0 Å². The molecule has 0 N–H and O–H groups in total. The zero-order valence-electron chi connectivity index (χ0n) is 13.1. The predicted molar refractivity (Wildman–Crippen MR) is 84.8 cm³/mol. The summed E-state index contributed by atoms with van der Waals surface area (Å²) in [5.41, 5.74) is 4.04. The van der Waals surface area contributed by atoms with Gasteiger partial charge < -0.3 is 0 Å². The Balaban J connectivity index is 1.69. The number of rotatable bonds is 1. The molecule has 0 heterocycles. The maximum absolute atomic E-state index is 2.63. The molecule has 108 valence electrons. The van der Waals surface area contributed by atoms with Crippen molar-refractivity contribution in [3.8, 4) is 0 Å². The van der Waals surface area contributed by atoms with Crippen LogP contribution in [0.3, 0.4) is 0 Å². The first-order valence-electron chi connectivity index (χ1n) is 8.82. The van der Waals surface area contributed by atoms with E-state index in [1.807, 2.05) is 0 Å². The summed E-state index contributed by atoms with van der Waals surface area (Å²) in [4.78, 5) is 0. The second-order valence-electron chi connectivity index (χ2n) is 7.84. The molecule has 0 aromatic heterocycles. The molecule has 1 aromatic rings. The summed E-state index contributed by atoms with van der Waals surface area (Å²) in [7, 11) is 0. The molecule has 2 saturated carbocycles. The largest absolute Gasteiger partial charge is 0.0651 e. The van der Waals surface area contributed by atoms with Gasteiger partial charge >= 0.3 is 0 Å². The van der Waals surface area contributed by atoms with Gasteiger partial charge in [0.1, 0.15) is 0 Å². The SMILES string of the molecule is CC[C@H]1CC[C@H]2[C@@H]3CCc4ccccc4[C@H]3CC[C@]12C. The summed E-state index contributed by atoms with van der Waals surface area (Å²) >= 11 is 0. The van der Waals surface area contributed by atoms with Crippen LogP contribution in [0.4, 0.5) is 0 Å². The Bertz CT molecular complexity index is 503. The average molecular weight is 268 g/mol. The van der Waals surface area contributed by atoms with Crippen molar-refractivity contribution in [1.82, 2.24) is 0 Å². The van der Waals surface area contributed by atoms with Crippen molar-refractivity contribution in [3.05, 3.63) is 35.4 Å². The summed E-state index contributed by atoms with van der Waals surface area (Å²) in [6.07, 6.45) is 10.1. The monoisotopic (exact) mass is 268 g/mol. The molecule has 0 saturated heterocycles. The van der Waals surface area contributed by atoms with Gasteiger partial charge in [-0.15, -0.1) is 0 Å². The van der Waals surface area contributed by atoms with Crippen molar-refractivity contribution in [3.63, 3.8) is 0 Å². The zero-order valence-corrected chi connectivity index (χ0v) is 13.1. The van der Waals surface area contributed by atoms with Gasteiger partial charge in [0.15, 0.2) is 0 Å². The van der Waals surface area contributed by atoms with E-state index < -0.39 is 0 Å². The molecule has 0 radical (unpaired) electrons. The third-order valence-electron chi connectivity index (χ3n) is 7.33. The third kappa shape index (κ3) is 1.66. The smallest absolute Gasteiger partial charge is 0.0128 e. The minimum Gasteiger partial charge on any atom is -0.0651 e. The first kappa shape index (κ1) is 12.9. The first-order chi connectivity index (χ1) is 9.74. The normalized spacial score (nSPS) is 42.7. The summed E-state index contributed by atoms with van der Waals surface area (Å²) in [6.45, 7) is 5.05. The fraction of sp³-hybridized carbons (Fsp3) is 0.700. The lowest BCUT2D eigenvalue weighted by molar-refractivity contribution is 0.0274. The second kappa shape index (κ2) is 4.61. The second-order valence-corrected chi connectivity index (χ2v) is 7.84. The van der Waals surface area contributed by atoms with E-state index in [1.165, 1.54) is 44.9 Å². The molecule has 3 aliphatic rings. The predicted octanol–water partition coefficient (Wildman–Crippen LogP) is 5.57. The highest BCUT2D eigenvalue weighted by Gasteiger charge is 2.53. The van der Waals surface area contributed by atoms with Crippen LogP contribution in [0.15, 0.2) is 24.3 Å². The van der Waals surface area contributed by atoms with Gasteiger partial charge in [-0.05, 0) is 78.7 Å². The van der Waals surface area contributed by atoms with Gasteiger partial charge in [-0.1, -0.05) is 44.5 Å². The number of aryl methyl sites for hydroxylation is 1. The molecular weight excluding hydrogens is 240 g/mol. The molecule has 0 spiro atoms. The highest BCUT2D eigenvalue weighted by Crippen LogP contribution is 2.63. The lowest BCUT2D eigenvalue weighted by atomic mass is 9.54. The molecule has 5 atom stereocenters. The van der Waals surface area contributed by atoms with Crippen molar-refractivity contribution >= 4 is 0 Å². The van der Waals surface area contributed by atoms with E-state index in [4.69, 9.17) is 0 Å². The molecule has 0 aliphatic heterocycles. The first-order valence-corrected chi connectivity index (χ1v) is 8.82. The van der Waals surface area contributed by atoms with Crippen molar-refractivity contribution in [1.29, 1.82) is 0 Å². The minimum absolute atomic E-state index is 0.669. The van der Waals surface area contributed by atoms with Crippen LogP contribution in [0.25, 0.3) is 0 Å². The van der Waals surface area contributed by atoms with E-state index in [9.17, 15) is 0 Å². The van der Waals surface area contributed by atoms with E-state index in [0.29, 0.717) is 5.41 Å². The van der Waals surface area contributed by atoms with Gasteiger partial charge in [0, 0.05) is 0 Å². The van der Waals surface area contributed by atoms with Gasteiger partial charge in [0.25, 0.3) is 0 Å². The van der Waals surface area contributed by atoms with Crippen molar-refractivity contribution in [2.45, 2.75) is 64.7 Å². The van der Waals surface area contributed by atoms with Crippen LogP contribution in [0.5, 0.6) is 0 Å². The van der Waals surface area contributed by atoms with Crippen LogP contribution >= 0.6 is 0 Å². The fourth-order valence-electron chi connectivity index (χ4n) is 6.30. The lowest BCUT2D eigenvalue weighted by Gasteiger charge is -2.51. The molecule has 4 rings (SSSR count). The van der Waals surface area contributed by atoms with Crippen molar-refractivity contribution < 1.29 is 0 Å². The van der Waals surface area contributed by atoms with Crippen LogP contribution < -0.4 is 0 Å². The molecule has 0 unspecified atom stereocenters. The number of hydrogen-bond acceptors (Lipinski definition) is 0. The number of benzene rings is 1. The topological polar surface area (TPSA) is 0 Å². The van der Waals surface area contributed by atoms with Crippen molar-refractivity contribution in [2.75, 3.05) is 0 Å². The van der Waals surface area contributed by atoms with Gasteiger partial charge in [0.05, 0.1) is 0 Å². The van der Waals surface area contributed by atoms with Crippen LogP contribution in [0, 0.1) is 23.2 Å². The highest BCUT2D eigenvalue weighted by molar-refractivity contribution is 5.34. The molecule has 2 fully saturated rings. The molecule has 0 heteroatoms. The minimum atomic E-state index is 0.669. The fourth-order valence-corrected chi connectivity index (χ4v) is 6.30. The van der Waals surface area contributed by atoms with Gasteiger partial charge in [-0.3, -0.25) is 0 Å². The van der Waals surface area contributed by atoms with Crippen LogP contribution in [-0.2, 0) is 6.42 Å². The molecule has 1 aromatic carbocycles. The Morgan fingerprint density at radius 2 is 1.95 bits per heavy atom. The van der Waals surface area contributed by atoms with Gasteiger partial charge in [-0.25, -0.2) is 0 Å². The van der Waals surface area contributed by atoms with E-state index in [-0.39, 0.29) is 0 Å². The third-order valence-corrected chi connectivity index (χ3v) is 7.33. The quantitative estimate of drug-likeness (QED) is 0.624. The molecular formula is C20H28. The van der Waals surface area contributed by atoms with E-state index in [2.05, 4.69) is 38.1 Å². The Morgan fingerprint density at radius 1 is 1.10 bits per heavy atom. The maximum atomic E-state index is 2.63. The van der Waals surface area contributed by atoms with E-state index in [1.54, 1.807) is 11.1 Å². The summed E-state index contributed by atoms with van der Waals surface area (Å²) in [5.74, 6) is 3.89. The van der Waals surface area contributed by atoms with Crippen LogP contribution in [0.1, 0.15) is 69.4 Å². The molecule has 0 amide bonds. The summed E-state index contributed by atoms with van der Waals surface area (Å²) in [6, 6.07) is 9.30. The highest BCUT2D eigenvalue weighted by atomic mass is 14.6. The lowest BCUT2D eigenvalue weighted by Crippen LogP contribution is -2.42. The molecule has 0 bridgehead atoms. The Labute approximate surface area is 124 Å². The zero-order chi connectivity index (χ0) is 13.7. The Kier molecular flexibility index (Phi) is 2.98. The number of hydrogen-bond donors (Lipinski definition) is 0. The van der Waals surface area contributed by atoms with E-state index in [0.717, 1.165) is 23.7 Å². The molecule has 3 aliphatic carbocycles. The number of fused-ring (bicyclic) bond motifs is 5. The summed E-state index contributed by atoms with van der Waals surface area (Å²) in [5, 5.41) is 0. The molecule has 20 heavy (non-hydrogen) atoms. The summed E-state index contributed by atoms with van der Waals surface area (Å²) < 4.78 is 0.